The van der Waals surface area contributed by atoms with E-state index >= 15 is 0 Å². The van der Waals surface area contributed by atoms with Crippen LogP contribution in [-0.2, 0) is 0 Å². The van der Waals surface area contributed by atoms with Gasteiger partial charge in [-0.05, 0) is 55.8 Å². The maximum Gasteiger partial charge on any atom is 0.124 e. The number of benzene rings is 1. The summed E-state index contributed by atoms with van der Waals surface area (Å²) in [5.41, 5.74) is 1.13. The van der Waals surface area contributed by atoms with Gasteiger partial charge in [0.15, 0.2) is 0 Å². The normalized spacial score (nSPS) is 25.3. The molecule has 0 bridgehead atoms. The second kappa shape index (κ2) is 6.85. The van der Waals surface area contributed by atoms with Gasteiger partial charge in [-0.25, -0.2) is 4.39 Å². The highest BCUT2D eigenvalue weighted by molar-refractivity contribution is 9.10. The maximum absolute atomic E-state index is 13.1. The summed E-state index contributed by atoms with van der Waals surface area (Å²) in [4.78, 5) is 0. The number of rotatable bonds is 4. The first kappa shape index (κ1) is 15.0. The number of halogens is 2. The van der Waals surface area contributed by atoms with Crippen molar-refractivity contribution in [3.05, 3.63) is 34.1 Å². The minimum atomic E-state index is -0.191. The van der Waals surface area contributed by atoms with Gasteiger partial charge in [0.1, 0.15) is 5.82 Å². The highest BCUT2D eigenvalue weighted by Crippen LogP contribution is 2.29. The van der Waals surface area contributed by atoms with Gasteiger partial charge >= 0.3 is 0 Å². The standard InChI is InChI=1S/C16H23BrFN/c1-11-4-3-5-13(8-11)10-19-12(2)15-7-6-14(18)9-16(15)17/h6-7,9,11-13,19H,3-5,8,10H2,1-2H3. The van der Waals surface area contributed by atoms with Crippen molar-refractivity contribution in [1.29, 1.82) is 0 Å². The van der Waals surface area contributed by atoms with Crippen molar-refractivity contribution in [3.8, 4) is 0 Å². The summed E-state index contributed by atoms with van der Waals surface area (Å²) < 4.78 is 13.9. The minimum absolute atomic E-state index is 0.191. The molecule has 1 nitrogen and oxygen atoms in total. The number of hydrogen-bond donors (Lipinski definition) is 1. The molecule has 1 aliphatic carbocycles. The lowest BCUT2D eigenvalue weighted by Crippen LogP contribution is -2.28. The van der Waals surface area contributed by atoms with E-state index in [9.17, 15) is 4.39 Å². The third kappa shape index (κ3) is 4.28. The second-order valence-corrected chi connectivity index (χ2v) is 6.79. The molecule has 0 spiro atoms. The van der Waals surface area contributed by atoms with E-state index in [1.54, 1.807) is 0 Å². The second-order valence-electron chi connectivity index (χ2n) is 5.93. The van der Waals surface area contributed by atoms with Crippen LogP contribution in [0.5, 0.6) is 0 Å². The molecule has 0 amide bonds. The molecule has 1 aliphatic rings. The first-order valence-corrected chi connectivity index (χ1v) is 8.04. The fourth-order valence-corrected chi connectivity index (χ4v) is 3.75. The molecule has 1 fully saturated rings. The van der Waals surface area contributed by atoms with E-state index in [0.29, 0.717) is 0 Å². The van der Waals surface area contributed by atoms with Crippen LogP contribution in [0.3, 0.4) is 0 Å². The predicted octanol–water partition coefficient (Wildman–Crippen LogP) is 5.07. The van der Waals surface area contributed by atoms with Crippen molar-refractivity contribution < 1.29 is 4.39 Å². The van der Waals surface area contributed by atoms with E-state index in [-0.39, 0.29) is 11.9 Å². The van der Waals surface area contributed by atoms with Crippen LogP contribution in [0.4, 0.5) is 4.39 Å². The Morgan fingerprint density at radius 1 is 1.42 bits per heavy atom. The predicted molar refractivity (Wildman–Crippen MR) is 81.6 cm³/mol. The van der Waals surface area contributed by atoms with Gasteiger partial charge in [-0.2, -0.15) is 0 Å². The molecule has 1 N–H and O–H groups in total. The summed E-state index contributed by atoms with van der Waals surface area (Å²) in [7, 11) is 0. The SMILES string of the molecule is CC1CCCC(CNC(C)c2ccc(F)cc2Br)C1. The molecule has 0 aliphatic heterocycles. The Bertz CT molecular complexity index is 421. The smallest absolute Gasteiger partial charge is 0.124 e. The lowest BCUT2D eigenvalue weighted by Gasteiger charge is -2.28. The molecule has 1 aromatic rings. The van der Waals surface area contributed by atoms with Gasteiger partial charge in [0.2, 0.25) is 0 Å². The van der Waals surface area contributed by atoms with Gasteiger partial charge in [-0.15, -0.1) is 0 Å². The number of hydrogen-bond acceptors (Lipinski definition) is 1. The zero-order chi connectivity index (χ0) is 13.8. The largest absolute Gasteiger partial charge is 0.310 e. The van der Waals surface area contributed by atoms with E-state index in [0.717, 1.165) is 28.4 Å². The molecule has 3 unspecified atom stereocenters. The van der Waals surface area contributed by atoms with Crippen LogP contribution in [0, 0.1) is 17.7 Å². The van der Waals surface area contributed by atoms with Crippen LogP contribution in [0.15, 0.2) is 22.7 Å². The maximum atomic E-state index is 13.1. The number of nitrogens with one attached hydrogen (secondary N) is 1. The quantitative estimate of drug-likeness (QED) is 0.814. The Morgan fingerprint density at radius 2 is 2.21 bits per heavy atom. The van der Waals surface area contributed by atoms with Gasteiger partial charge < -0.3 is 5.32 Å². The fraction of sp³-hybridized carbons (Fsp3) is 0.625. The van der Waals surface area contributed by atoms with E-state index in [4.69, 9.17) is 0 Å². The van der Waals surface area contributed by atoms with Crippen LogP contribution in [0.2, 0.25) is 0 Å². The Hall–Kier alpha value is -0.410. The Kier molecular flexibility index (Phi) is 5.40. The molecule has 0 aromatic heterocycles. The van der Waals surface area contributed by atoms with E-state index in [1.807, 2.05) is 6.07 Å². The average Bonchev–Trinajstić information content (AvgIpc) is 2.36. The molecule has 106 valence electrons. The summed E-state index contributed by atoms with van der Waals surface area (Å²) in [6.07, 6.45) is 5.43. The summed E-state index contributed by atoms with van der Waals surface area (Å²) >= 11 is 3.44. The third-order valence-electron chi connectivity index (χ3n) is 4.19. The Balaban J connectivity index is 1.88. The monoisotopic (exact) mass is 327 g/mol. The molecule has 19 heavy (non-hydrogen) atoms. The van der Waals surface area contributed by atoms with Crippen LogP contribution < -0.4 is 5.32 Å². The highest BCUT2D eigenvalue weighted by Gasteiger charge is 2.19. The van der Waals surface area contributed by atoms with Crippen molar-refractivity contribution >= 4 is 15.9 Å². The van der Waals surface area contributed by atoms with Crippen LogP contribution in [-0.4, -0.2) is 6.54 Å². The van der Waals surface area contributed by atoms with E-state index < -0.39 is 0 Å². The fourth-order valence-electron chi connectivity index (χ4n) is 3.05. The van der Waals surface area contributed by atoms with Gasteiger partial charge in [-0.3, -0.25) is 0 Å². The van der Waals surface area contributed by atoms with E-state index in [1.165, 1.54) is 37.8 Å². The zero-order valence-electron chi connectivity index (χ0n) is 11.8. The average molecular weight is 328 g/mol. The van der Waals surface area contributed by atoms with Gasteiger partial charge in [-0.1, -0.05) is 41.8 Å². The van der Waals surface area contributed by atoms with Gasteiger partial charge in [0.25, 0.3) is 0 Å². The lowest BCUT2D eigenvalue weighted by molar-refractivity contribution is 0.268. The molecule has 3 heteroatoms. The summed E-state index contributed by atoms with van der Waals surface area (Å²) in [5, 5.41) is 3.60. The molecule has 1 aromatic carbocycles. The van der Waals surface area contributed by atoms with Crippen LogP contribution in [0.1, 0.15) is 51.1 Å². The first-order chi connectivity index (χ1) is 9.06. The highest BCUT2D eigenvalue weighted by atomic mass is 79.9. The van der Waals surface area contributed by atoms with E-state index in [2.05, 4.69) is 35.1 Å². The molecule has 0 radical (unpaired) electrons. The molecular weight excluding hydrogens is 305 g/mol. The van der Waals surface area contributed by atoms with Crippen molar-refractivity contribution in [1.82, 2.24) is 5.32 Å². The van der Waals surface area contributed by atoms with Crippen LogP contribution >= 0.6 is 15.9 Å². The summed E-state index contributed by atoms with van der Waals surface area (Å²) in [5.74, 6) is 1.47. The molecular formula is C16H23BrFN. The molecule has 2 rings (SSSR count). The van der Waals surface area contributed by atoms with Crippen molar-refractivity contribution in [2.45, 2.75) is 45.6 Å². The van der Waals surface area contributed by atoms with Crippen molar-refractivity contribution in [2.75, 3.05) is 6.54 Å². The third-order valence-corrected chi connectivity index (χ3v) is 4.87. The minimum Gasteiger partial charge on any atom is -0.310 e. The Morgan fingerprint density at radius 3 is 2.89 bits per heavy atom. The summed E-state index contributed by atoms with van der Waals surface area (Å²) in [6, 6.07) is 5.18. The molecule has 0 heterocycles. The van der Waals surface area contributed by atoms with Crippen LogP contribution in [0.25, 0.3) is 0 Å². The molecule has 1 saturated carbocycles. The Labute approximate surface area is 124 Å². The van der Waals surface area contributed by atoms with Crippen molar-refractivity contribution in [3.63, 3.8) is 0 Å². The molecule has 3 atom stereocenters. The topological polar surface area (TPSA) is 12.0 Å². The van der Waals surface area contributed by atoms with Gasteiger partial charge in [0.05, 0.1) is 0 Å². The summed E-state index contributed by atoms with van der Waals surface area (Å²) in [6.45, 7) is 5.56. The lowest BCUT2D eigenvalue weighted by atomic mass is 9.82. The van der Waals surface area contributed by atoms with Gasteiger partial charge in [0, 0.05) is 10.5 Å². The zero-order valence-corrected chi connectivity index (χ0v) is 13.3. The molecule has 0 saturated heterocycles. The van der Waals surface area contributed by atoms with Crippen molar-refractivity contribution in [2.24, 2.45) is 11.8 Å². The first-order valence-electron chi connectivity index (χ1n) is 7.24.